The molecule has 5 unspecified atom stereocenters. The number of halogens is 1. The maximum Gasteiger partial charge on any atom is 0.316 e. The number of nitrogens with zero attached hydrogens (tertiary/aromatic N) is 1. The molecule has 0 aromatic heterocycles. The summed E-state index contributed by atoms with van der Waals surface area (Å²) >= 11 is 1.97. The van der Waals surface area contributed by atoms with Crippen molar-refractivity contribution in [2.24, 2.45) is 0 Å². The lowest BCUT2D eigenvalue weighted by Gasteiger charge is -2.35. The highest BCUT2D eigenvalue weighted by Gasteiger charge is 2.70. The van der Waals surface area contributed by atoms with Gasteiger partial charge in [0, 0.05) is 6.04 Å². The smallest absolute Gasteiger partial charge is 0.316 e. The zero-order valence-electron chi connectivity index (χ0n) is 12.2. The molecule has 6 nitrogen and oxygen atoms in total. The van der Waals surface area contributed by atoms with Crippen molar-refractivity contribution in [2.45, 2.75) is 74.2 Å². The van der Waals surface area contributed by atoms with E-state index in [2.05, 4.69) is 0 Å². The molecule has 1 saturated carbocycles. The minimum absolute atomic E-state index is 0.0532. The summed E-state index contributed by atoms with van der Waals surface area (Å²) in [5, 5.41) is -0.431. The van der Waals surface area contributed by atoms with E-state index in [1.807, 2.05) is 22.6 Å². The number of sulfonamides is 1. The number of ether oxygens (including phenoxy) is 2. The first kappa shape index (κ1) is 15.6. The maximum atomic E-state index is 12.9. The Balaban J connectivity index is 1.66. The molecule has 3 saturated heterocycles. The summed E-state index contributed by atoms with van der Waals surface area (Å²) in [6.07, 6.45) is 4.60. The fourth-order valence-electron chi connectivity index (χ4n) is 4.65. The molecule has 0 N–H and O–H groups in total. The van der Waals surface area contributed by atoms with Gasteiger partial charge < -0.3 is 9.47 Å². The fraction of sp³-hybridized carbons (Fsp3) is 0.929. The van der Waals surface area contributed by atoms with Gasteiger partial charge in [-0.15, -0.1) is 0 Å². The number of alkyl halides is 1. The molecular weight excluding hydrogens is 421 g/mol. The van der Waals surface area contributed by atoms with E-state index in [-0.39, 0.29) is 34.7 Å². The van der Waals surface area contributed by atoms with Crippen molar-refractivity contribution in [2.75, 3.05) is 4.43 Å². The normalized spacial score (nSPS) is 43.6. The fourth-order valence-corrected chi connectivity index (χ4v) is 7.34. The molecule has 4 rings (SSSR count). The first-order chi connectivity index (χ1) is 10.5. The van der Waals surface area contributed by atoms with Crippen LogP contribution in [0.2, 0.25) is 0 Å². The van der Waals surface area contributed by atoms with Gasteiger partial charge in [-0.05, 0) is 19.3 Å². The van der Waals surface area contributed by atoms with Crippen molar-refractivity contribution in [3.05, 3.63) is 0 Å². The van der Waals surface area contributed by atoms with Gasteiger partial charge in [-0.3, -0.25) is 4.79 Å². The van der Waals surface area contributed by atoms with Crippen molar-refractivity contribution in [3.8, 4) is 0 Å². The summed E-state index contributed by atoms with van der Waals surface area (Å²) in [5.74, 6) is -0.286. The number of hydrogen-bond donors (Lipinski definition) is 0. The van der Waals surface area contributed by atoms with Crippen LogP contribution in [0.5, 0.6) is 0 Å². The summed E-state index contributed by atoms with van der Waals surface area (Å²) in [5.41, 5.74) is 0. The molecule has 0 amide bonds. The Labute approximate surface area is 144 Å². The molecule has 0 spiro atoms. The summed E-state index contributed by atoms with van der Waals surface area (Å²) in [6, 6.07) is -0.249. The van der Waals surface area contributed by atoms with Crippen LogP contribution in [0.3, 0.4) is 0 Å². The van der Waals surface area contributed by atoms with Gasteiger partial charge in [-0.2, -0.15) is 4.31 Å². The zero-order valence-corrected chi connectivity index (χ0v) is 15.2. The van der Waals surface area contributed by atoms with Crippen molar-refractivity contribution in [1.82, 2.24) is 4.31 Å². The van der Waals surface area contributed by atoms with E-state index in [4.69, 9.17) is 9.47 Å². The van der Waals surface area contributed by atoms with Crippen LogP contribution < -0.4 is 0 Å². The van der Waals surface area contributed by atoms with Crippen LogP contribution in [0.25, 0.3) is 0 Å². The second-order valence-corrected chi connectivity index (χ2v) is 9.48. The number of carbonyl (C=O) groups is 1. The van der Waals surface area contributed by atoms with E-state index in [0.29, 0.717) is 6.42 Å². The average Bonchev–Trinajstić information content (AvgIpc) is 3.12. The third kappa shape index (κ3) is 2.16. The first-order valence-electron chi connectivity index (χ1n) is 7.97. The number of fused-ring (bicyclic) bond motifs is 1. The van der Waals surface area contributed by atoms with Crippen molar-refractivity contribution in [3.63, 3.8) is 0 Å². The number of esters is 1. The van der Waals surface area contributed by atoms with Crippen LogP contribution in [0.1, 0.15) is 38.5 Å². The standard InChI is InChI=1S/C14H20INO5S/c15-7-11(17)21-13-9-6-10-14(20-9)12(13)16(22(10,18)19)8-4-2-1-3-5-8/h8-10,12-14H,1-7H2. The third-order valence-corrected chi connectivity index (χ3v) is 8.46. The minimum atomic E-state index is -3.33. The van der Waals surface area contributed by atoms with E-state index < -0.39 is 21.4 Å². The minimum Gasteiger partial charge on any atom is -0.457 e. The van der Waals surface area contributed by atoms with E-state index in [9.17, 15) is 13.2 Å². The predicted octanol–water partition coefficient (Wildman–Crippen LogP) is 1.22. The zero-order chi connectivity index (χ0) is 15.5. The van der Waals surface area contributed by atoms with Gasteiger partial charge in [0.05, 0.1) is 22.7 Å². The molecule has 1 aliphatic carbocycles. The van der Waals surface area contributed by atoms with Crippen LogP contribution in [0, 0.1) is 0 Å². The Bertz CT molecular complexity index is 576. The molecule has 3 heterocycles. The van der Waals surface area contributed by atoms with Gasteiger partial charge >= 0.3 is 5.97 Å². The number of hydrogen-bond acceptors (Lipinski definition) is 5. The molecule has 5 atom stereocenters. The van der Waals surface area contributed by atoms with E-state index in [1.165, 1.54) is 6.42 Å². The summed E-state index contributed by atoms with van der Waals surface area (Å²) < 4.78 is 39.2. The van der Waals surface area contributed by atoms with Crippen LogP contribution in [-0.4, -0.2) is 58.8 Å². The third-order valence-electron chi connectivity index (χ3n) is 5.48. The van der Waals surface area contributed by atoms with E-state index >= 15 is 0 Å². The SMILES string of the molecule is O=C(CI)OC1C2CC3C(O2)C1N(C1CCCCC1)S3(=O)=O. The largest absolute Gasteiger partial charge is 0.457 e. The van der Waals surface area contributed by atoms with E-state index in [0.717, 1.165) is 25.7 Å². The van der Waals surface area contributed by atoms with Crippen molar-refractivity contribution >= 4 is 38.6 Å². The van der Waals surface area contributed by atoms with Gasteiger partial charge in [0.25, 0.3) is 0 Å². The highest BCUT2D eigenvalue weighted by Crippen LogP contribution is 2.51. The molecule has 0 aromatic carbocycles. The Morgan fingerprint density at radius 1 is 1.27 bits per heavy atom. The Hall–Kier alpha value is 0.0700. The lowest BCUT2D eigenvalue weighted by atomic mass is 9.89. The molecular formula is C14H20INO5S. The molecule has 0 radical (unpaired) electrons. The second kappa shape index (κ2) is 5.56. The van der Waals surface area contributed by atoms with Crippen LogP contribution >= 0.6 is 22.6 Å². The summed E-state index contributed by atoms with van der Waals surface area (Å²) in [6.45, 7) is 0. The Kier molecular flexibility index (Phi) is 3.94. The highest BCUT2D eigenvalue weighted by molar-refractivity contribution is 14.1. The summed E-state index contributed by atoms with van der Waals surface area (Å²) in [7, 11) is -3.33. The van der Waals surface area contributed by atoms with E-state index in [1.54, 1.807) is 4.31 Å². The molecule has 0 aromatic rings. The summed E-state index contributed by atoms with van der Waals surface area (Å²) in [4.78, 5) is 11.7. The molecule has 2 bridgehead atoms. The quantitative estimate of drug-likeness (QED) is 0.374. The highest BCUT2D eigenvalue weighted by atomic mass is 127. The molecule has 8 heteroatoms. The predicted molar refractivity (Wildman–Crippen MR) is 87.3 cm³/mol. The molecule has 22 heavy (non-hydrogen) atoms. The Morgan fingerprint density at radius 3 is 2.68 bits per heavy atom. The van der Waals surface area contributed by atoms with Gasteiger partial charge in [0.1, 0.15) is 11.4 Å². The van der Waals surface area contributed by atoms with Gasteiger partial charge in [0.2, 0.25) is 10.0 Å². The van der Waals surface area contributed by atoms with Gasteiger partial charge in [-0.1, -0.05) is 41.9 Å². The lowest BCUT2D eigenvalue weighted by molar-refractivity contribution is -0.149. The molecule has 124 valence electrons. The lowest BCUT2D eigenvalue weighted by Crippen LogP contribution is -2.51. The maximum absolute atomic E-state index is 12.9. The second-order valence-electron chi connectivity index (χ2n) is 6.66. The topological polar surface area (TPSA) is 72.9 Å². The van der Waals surface area contributed by atoms with Crippen LogP contribution in [-0.2, 0) is 24.3 Å². The molecule has 4 aliphatic rings. The number of carbonyl (C=O) groups excluding carboxylic acids is 1. The first-order valence-corrected chi connectivity index (χ1v) is 11.0. The molecule has 4 fully saturated rings. The number of rotatable bonds is 3. The van der Waals surface area contributed by atoms with Crippen LogP contribution in [0.15, 0.2) is 0 Å². The van der Waals surface area contributed by atoms with Crippen LogP contribution in [0.4, 0.5) is 0 Å². The van der Waals surface area contributed by atoms with Gasteiger partial charge in [0.15, 0.2) is 0 Å². The van der Waals surface area contributed by atoms with Gasteiger partial charge in [-0.25, -0.2) is 8.42 Å². The monoisotopic (exact) mass is 441 g/mol. The molecule has 3 aliphatic heterocycles. The Morgan fingerprint density at radius 2 is 2.00 bits per heavy atom. The van der Waals surface area contributed by atoms with Crippen molar-refractivity contribution in [1.29, 1.82) is 0 Å². The average molecular weight is 441 g/mol. The van der Waals surface area contributed by atoms with Crippen molar-refractivity contribution < 1.29 is 22.7 Å².